The van der Waals surface area contributed by atoms with Gasteiger partial charge in [-0.25, -0.2) is 13.2 Å². The molecule has 5 nitrogen and oxygen atoms in total. The van der Waals surface area contributed by atoms with Gasteiger partial charge in [0.25, 0.3) is 0 Å². The molecule has 2 amide bonds. The molecular weight excluding hydrogens is 433 g/mol. The number of amides is 2. The van der Waals surface area contributed by atoms with Crippen molar-refractivity contribution in [3.05, 3.63) is 101 Å². The zero-order chi connectivity index (χ0) is 23.8. The van der Waals surface area contributed by atoms with Gasteiger partial charge in [-0.3, -0.25) is 9.59 Å². The van der Waals surface area contributed by atoms with Crippen molar-refractivity contribution >= 4 is 23.6 Å². The van der Waals surface area contributed by atoms with Crippen molar-refractivity contribution in [2.24, 2.45) is 0 Å². The van der Waals surface area contributed by atoms with Crippen molar-refractivity contribution in [2.45, 2.75) is 6.61 Å². The molecular formula is C25H21F3N2O3. The van der Waals surface area contributed by atoms with Gasteiger partial charge in [-0.05, 0) is 41.5 Å². The lowest BCUT2D eigenvalue weighted by molar-refractivity contribution is -0.129. The number of hydrogen-bond acceptors (Lipinski definition) is 3. The number of carbonyl (C=O) groups excluding carboxylic acids is 2. The Bertz CT molecular complexity index is 1150. The van der Waals surface area contributed by atoms with Crippen molar-refractivity contribution in [1.82, 2.24) is 4.90 Å². The van der Waals surface area contributed by atoms with Crippen LogP contribution in [0.4, 0.5) is 18.9 Å². The van der Waals surface area contributed by atoms with Crippen molar-refractivity contribution in [2.75, 3.05) is 18.9 Å². The van der Waals surface area contributed by atoms with Gasteiger partial charge in [-0.2, -0.15) is 0 Å². The molecule has 0 heterocycles. The molecule has 3 aromatic rings. The number of ether oxygens (including phenoxy) is 1. The second-order valence-electron chi connectivity index (χ2n) is 7.14. The molecule has 0 aliphatic heterocycles. The Hall–Kier alpha value is -4.07. The molecule has 0 saturated carbocycles. The van der Waals surface area contributed by atoms with Crippen LogP contribution in [-0.4, -0.2) is 30.3 Å². The number of rotatable bonds is 8. The van der Waals surface area contributed by atoms with E-state index in [9.17, 15) is 22.8 Å². The summed E-state index contributed by atoms with van der Waals surface area (Å²) in [6.07, 6.45) is 2.86. The standard InChI is InChI=1S/C25H21F3N2O3/c1-30(15-22(31)29-21-13-12-20(26)24(27)25(21)28)23(32)14-9-17-7-10-19(11-8-17)33-16-18-5-3-2-4-6-18/h2-14H,15-16H2,1H3,(H,29,31)/b14-9+. The van der Waals surface area contributed by atoms with E-state index >= 15 is 0 Å². The third-order valence-electron chi connectivity index (χ3n) is 4.61. The van der Waals surface area contributed by atoms with Crippen LogP contribution in [0.15, 0.2) is 72.8 Å². The number of likely N-dealkylation sites (N-methyl/N-ethyl adjacent to an activating group) is 1. The summed E-state index contributed by atoms with van der Waals surface area (Å²) in [6.45, 7) is 0.0315. The first-order valence-electron chi connectivity index (χ1n) is 9.97. The number of carbonyl (C=O) groups is 2. The molecule has 0 unspecified atom stereocenters. The average Bonchev–Trinajstić information content (AvgIpc) is 2.82. The lowest BCUT2D eigenvalue weighted by Gasteiger charge is -2.15. The van der Waals surface area contributed by atoms with Crippen LogP contribution in [0.25, 0.3) is 6.08 Å². The molecule has 3 aromatic carbocycles. The predicted molar refractivity (Wildman–Crippen MR) is 119 cm³/mol. The number of nitrogens with one attached hydrogen (secondary N) is 1. The molecule has 0 saturated heterocycles. The summed E-state index contributed by atoms with van der Waals surface area (Å²) in [5.41, 5.74) is 1.29. The number of hydrogen-bond donors (Lipinski definition) is 1. The highest BCUT2D eigenvalue weighted by molar-refractivity contribution is 5.97. The maximum absolute atomic E-state index is 13.7. The number of benzene rings is 3. The van der Waals surface area contributed by atoms with Gasteiger partial charge in [-0.15, -0.1) is 0 Å². The quantitative estimate of drug-likeness (QED) is 0.393. The molecule has 0 fully saturated rings. The van der Waals surface area contributed by atoms with E-state index in [1.165, 1.54) is 13.1 Å². The van der Waals surface area contributed by atoms with Gasteiger partial charge >= 0.3 is 0 Å². The van der Waals surface area contributed by atoms with Crippen LogP contribution < -0.4 is 10.1 Å². The van der Waals surface area contributed by atoms with Crippen LogP contribution in [0, 0.1) is 17.5 Å². The van der Waals surface area contributed by atoms with E-state index in [1.54, 1.807) is 30.3 Å². The molecule has 0 aliphatic carbocycles. The fraction of sp³-hybridized carbons (Fsp3) is 0.120. The maximum Gasteiger partial charge on any atom is 0.246 e. The Morgan fingerprint density at radius 3 is 2.33 bits per heavy atom. The predicted octanol–water partition coefficient (Wildman–Crippen LogP) is 4.79. The zero-order valence-corrected chi connectivity index (χ0v) is 17.7. The molecule has 8 heteroatoms. The monoisotopic (exact) mass is 454 g/mol. The Balaban J connectivity index is 1.50. The van der Waals surface area contributed by atoms with Crippen LogP contribution in [0.3, 0.4) is 0 Å². The third-order valence-corrected chi connectivity index (χ3v) is 4.61. The van der Waals surface area contributed by atoms with E-state index in [1.807, 2.05) is 30.3 Å². The summed E-state index contributed by atoms with van der Waals surface area (Å²) in [4.78, 5) is 25.4. The van der Waals surface area contributed by atoms with Gasteiger partial charge in [0.1, 0.15) is 12.4 Å². The summed E-state index contributed by atoms with van der Waals surface area (Å²) in [7, 11) is 1.38. The Labute approximate surface area is 189 Å². The second-order valence-corrected chi connectivity index (χ2v) is 7.14. The van der Waals surface area contributed by atoms with E-state index in [4.69, 9.17) is 4.74 Å². The minimum Gasteiger partial charge on any atom is -0.489 e. The van der Waals surface area contributed by atoms with E-state index in [0.717, 1.165) is 22.1 Å². The Kier molecular flexibility index (Phi) is 7.86. The van der Waals surface area contributed by atoms with Crippen LogP contribution in [-0.2, 0) is 16.2 Å². The molecule has 0 atom stereocenters. The maximum atomic E-state index is 13.7. The topological polar surface area (TPSA) is 58.6 Å². The Morgan fingerprint density at radius 1 is 0.939 bits per heavy atom. The van der Waals surface area contributed by atoms with Crippen LogP contribution in [0.5, 0.6) is 5.75 Å². The summed E-state index contributed by atoms with van der Waals surface area (Å²) in [5.74, 6) is -5.10. The number of halogens is 3. The molecule has 170 valence electrons. The van der Waals surface area contributed by atoms with Gasteiger partial charge in [0.05, 0.1) is 12.2 Å². The van der Waals surface area contributed by atoms with Crippen molar-refractivity contribution in [1.29, 1.82) is 0 Å². The van der Waals surface area contributed by atoms with Gasteiger partial charge in [0.15, 0.2) is 17.5 Å². The largest absolute Gasteiger partial charge is 0.489 e. The van der Waals surface area contributed by atoms with Crippen LogP contribution >= 0.6 is 0 Å². The second kappa shape index (κ2) is 11.0. The SMILES string of the molecule is CN(CC(=O)Nc1ccc(F)c(F)c1F)C(=O)/C=C/c1ccc(OCc2ccccc2)cc1. The molecule has 0 aliphatic rings. The smallest absolute Gasteiger partial charge is 0.246 e. The molecule has 0 spiro atoms. The molecule has 0 radical (unpaired) electrons. The first-order valence-corrected chi connectivity index (χ1v) is 9.97. The minimum absolute atomic E-state index is 0.409. The fourth-order valence-electron chi connectivity index (χ4n) is 2.82. The minimum atomic E-state index is -1.68. The molecule has 0 aromatic heterocycles. The van der Waals surface area contributed by atoms with Gasteiger partial charge < -0.3 is 15.0 Å². The highest BCUT2D eigenvalue weighted by Crippen LogP contribution is 2.19. The van der Waals surface area contributed by atoms with Crippen molar-refractivity contribution < 1.29 is 27.5 Å². The molecule has 33 heavy (non-hydrogen) atoms. The lowest BCUT2D eigenvalue weighted by atomic mass is 10.2. The fourth-order valence-corrected chi connectivity index (χ4v) is 2.82. The van der Waals surface area contributed by atoms with E-state index in [0.29, 0.717) is 18.4 Å². The molecule has 1 N–H and O–H groups in total. The van der Waals surface area contributed by atoms with Gasteiger partial charge in [-0.1, -0.05) is 42.5 Å². The number of anilines is 1. The Morgan fingerprint density at radius 2 is 1.64 bits per heavy atom. The summed E-state index contributed by atoms with van der Waals surface area (Å²) in [5, 5.41) is 2.12. The summed E-state index contributed by atoms with van der Waals surface area (Å²) < 4.78 is 45.6. The normalized spacial score (nSPS) is 10.8. The van der Waals surface area contributed by atoms with Crippen molar-refractivity contribution in [3.63, 3.8) is 0 Å². The molecule has 3 rings (SSSR count). The average molecular weight is 454 g/mol. The van der Waals surface area contributed by atoms with Gasteiger partial charge in [0.2, 0.25) is 11.8 Å². The summed E-state index contributed by atoms with van der Waals surface area (Å²) >= 11 is 0. The van der Waals surface area contributed by atoms with Crippen LogP contribution in [0.2, 0.25) is 0 Å². The summed E-state index contributed by atoms with van der Waals surface area (Å²) in [6, 6.07) is 18.5. The highest BCUT2D eigenvalue weighted by Gasteiger charge is 2.17. The van der Waals surface area contributed by atoms with E-state index < -0.39 is 41.5 Å². The lowest BCUT2D eigenvalue weighted by Crippen LogP contribution is -2.34. The third kappa shape index (κ3) is 6.70. The van der Waals surface area contributed by atoms with E-state index in [2.05, 4.69) is 5.32 Å². The number of nitrogens with zero attached hydrogens (tertiary/aromatic N) is 1. The highest BCUT2D eigenvalue weighted by atomic mass is 19.2. The van der Waals surface area contributed by atoms with E-state index in [-0.39, 0.29) is 0 Å². The molecule has 0 bridgehead atoms. The van der Waals surface area contributed by atoms with Crippen LogP contribution in [0.1, 0.15) is 11.1 Å². The van der Waals surface area contributed by atoms with Gasteiger partial charge in [0, 0.05) is 13.1 Å². The first-order chi connectivity index (χ1) is 15.8. The zero-order valence-electron chi connectivity index (χ0n) is 17.7. The first kappa shape index (κ1) is 23.6. The van der Waals surface area contributed by atoms with Crippen molar-refractivity contribution in [3.8, 4) is 5.75 Å².